The normalized spacial score (nSPS) is 13.0. The van der Waals surface area contributed by atoms with E-state index in [0.717, 1.165) is 22.3 Å². The van der Waals surface area contributed by atoms with Crippen molar-refractivity contribution in [3.05, 3.63) is 59.7 Å². The molecule has 0 aliphatic heterocycles. The lowest BCUT2D eigenvalue weighted by Crippen LogP contribution is -2.54. The van der Waals surface area contributed by atoms with Gasteiger partial charge in [-0.3, -0.25) is 4.79 Å². The third kappa shape index (κ3) is 5.33. The minimum atomic E-state index is -0.673. The number of amides is 3. The van der Waals surface area contributed by atoms with Crippen LogP contribution in [0.25, 0.3) is 11.1 Å². The second-order valence-electron chi connectivity index (χ2n) is 7.59. The molecule has 0 saturated heterocycles. The highest BCUT2D eigenvalue weighted by Crippen LogP contribution is 2.44. The summed E-state index contributed by atoms with van der Waals surface area (Å²) in [5.41, 5.74) is 4.54. The summed E-state index contributed by atoms with van der Waals surface area (Å²) < 4.78 is 10.00. The number of urea groups is 1. The van der Waals surface area contributed by atoms with Gasteiger partial charge in [0.25, 0.3) is 0 Å². The third-order valence-corrected chi connectivity index (χ3v) is 5.19. The van der Waals surface area contributed by atoms with E-state index in [4.69, 9.17) is 4.74 Å². The molecule has 0 radical (unpaired) electrons. The van der Waals surface area contributed by atoms with Gasteiger partial charge in [0.2, 0.25) is 0 Å². The van der Waals surface area contributed by atoms with Gasteiger partial charge < -0.3 is 25.4 Å². The first-order valence-corrected chi connectivity index (χ1v) is 10.1. The summed E-state index contributed by atoms with van der Waals surface area (Å²) in [5, 5.41) is 7.66. The lowest BCUT2D eigenvalue weighted by atomic mass is 9.98. The Morgan fingerprint density at radius 1 is 0.935 bits per heavy atom. The summed E-state index contributed by atoms with van der Waals surface area (Å²) >= 11 is 0. The third-order valence-electron chi connectivity index (χ3n) is 5.19. The van der Waals surface area contributed by atoms with Crippen LogP contribution in [0, 0.1) is 5.92 Å². The standard InChI is InChI=1S/C23H27N3O5/c1-14(2)21(25-22(28)24-12-20(27)30-3)26-23(29)31-13-19-17-10-6-4-8-15(17)16-9-5-7-11-18(16)19/h4-11,14,19,21H,12-13H2,1-3H3,(H,26,29)(H2,24,25,28)/t21-/m0/s1. The van der Waals surface area contributed by atoms with Gasteiger partial charge in [-0.05, 0) is 28.2 Å². The number of hydrogen-bond acceptors (Lipinski definition) is 5. The first kappa shape index (κ1) is 22.1. The van der Waals surface area contributed by atoms with Gasteiger partial charge in [0.1, 0.15) is 19.3 Å². The SMILES string of the molecule is COC(=O)CNC(=O)N[C@@H](NC(=O)OCC1c2ccccc2-c2ccccc21)C(C)C. The Hall–Kier alpha value is -3.55. The molecule has 2 aromatic rings. The number of hydrogen-bond donors (Lipinski definition) is 3. The Kier molecular flexibility index (Phi) is 7.12. The molecule has 1 aliphatic carbocycles. The van der Waals surface area contributed by atoms with Crippen molar-refractivity contribution in [1.82, 2.24) is 16.0 Å². The Morgan fingerprint density at radius 3 is 2.06 bits per heavy atom. The van der Waals surface area contributed by atoms with Crippen LogP contribution in [0.15, 0.2) is 48.5 Å². The molecule has 0 heterocycles. The van der Waals surface area contributed by atoms with Gasteiger partial charge in [-0.15, -0.1) is 0 Å². The summed E-state index contributed by atoms with van der Waals surface area (Å²) in [5.74, 6) is -0.725. The average molecular weight is 425 g/mol. The van der Waals surface area contributed by atoms with E-state index in [9.17, 15) is 14.4 Å². The van der Waals surface area contributed by atoms with E-state index in [0.29, 0.717) is 0 Å². The Bertz CT molecular complexity index is 914. The monoisotopic (exact) mass is 425 g/mol. The van der Waals surface area contributed by atoms with Crippen LogP contribution in [0.1, 0.15) is 30.9 Å². The summed E-state index contributed by atoms with van der Waals surface area (Å²) in [6.45, 7) is 3.60. The number of esters is 1. The molecule has 3 rings (SSSR count). The summed E-state index contributed by atoms with van der Waals surface area (Å²) in [6, 6.07) is 15.6. The molecule has 3 N–H and O–H groups in total. The molecule has 8 nitrogen and oxygen atoms in total. The average Bonchev–Trinajstić information content (AvgIpc) is 3.09. The number of benzene rings is 2. The Labute approximate surface area is 181 Å². The Balaban J connectivity index is 1.58. The van der Waals surface area contributed by atoms with E-state index in [1.165, 1.54) is 7.11 Å². The van der Waals surface area contributed by atoms with E-state index in [1.54, 1.807) is 0 Å². The number of nitrogens with one attached hydrogen (secondary N) is 3. The molecule has 31 heavy (non-hydrogen) atoms. The Morgan fingerprint density at radius 2 is 1.52 bits per heavy atom. The van der Waals surface area contributed by atoms with Crippen molar-refractivity contribution in [2.45, 2.75) is 25.9 Å². The minimum absolute atomic E-state index is 0.0491. The van der Waals surface area contributed by atoms with Crippen LogP contribution in [0.4, 0.5) is 9.59 Å². The number of carbonyl (C=O) groups is 3. The summed E-state index contributed by atoms with van der Waals surface area (Å²) in [7, 11) is 1.23. The quantitative estimate of drug-likeness (QED) is 0.467. The highest BCUT2D eigenvalue weighted by atomic mass is 16.5. The number of fused-ring (bicyclic) bond motifs is 3. The van der Waals surface area contributed by atoms with E-state index >= 15 is 0 Å². The van der Waals surface area contributed by atoms with Gasteiger partial charge >= 0.3 is 18.1 Å². The minimum Gasteiger partial charge on any atom is -0.468 e. The molecular weight excluding hydrogens is 398 g/mol. The zero-order valence-electron chi connectivity index (χ0n) is 17.8. The van der Waals surface area contributed by atoms with Crippen molar-refractivity contribution >= 4 is 18.1 Å². The number of carbonyl (C=O) groups excluding carboxylic acids is 3. The van der Waals surface area contributed by atoms with E-state index in [-0.39, 0.29) is 25.0 Å². The molecule has 1 aliphatic rings. The summed E-state index contributed by atoms with van der Waals surface area (Å²) in [4.78, 5) is 35.6. The maximum atomic E-state index is 12.5. The van der Waals surface area contributed by atoms with Crippen LogP contribution in [-0.2, 0) is 14.3 Å². The van der Waals surface area contributed by atoms with Gasteiger partial charge in [0.15, 0.2) is 0 Å². The van der Waals surface area contributed by atoms with Crippen molar-refractivity contribution in [2.24, 2.45) is 5.92 Å². The maximum absolute atomic E-state index is 12.5. The van der Waals surface area contributed by atoms with E-state index < -0.39 is 24.3 Å². The van der Waals surface area contributed by atoms with Gasteiger partial charge in [-0.25, -0.2) is 9.59 Å². The predicted octanol–water partition coefficient (Wildman–Crippen LogP) is 2.98. The van der Waals surface area contributed by atoms with Crippen LogP contribution >= 0.6 is 0 Å². The zero-order chi connectivity index (χ0) is 22.4. The van der Waals surface area contributed by atoms with E-state index in [2.05, 4.69) is 32.8 Å². The second-order valence-corrected chi connectivity index (χ2v) is 7.59. The molecule has 0 saturated carbocycles. The molecule has 0 aromatic heterocycles. The first-order valence-electron chi connectivity index (χ1n) is 10.1. The smallest absolute Gasteiger partial charge is 0.408 e. The highest BCUT2D eigenvalue weighted by Gasteiger charge is 2.29. The van der Waals surface area contributed by atoms with Crippen molar-refractivity contribution < 1.29 is 23.9 Å². The van der Waals surface area contributed by atoms with Crippen molar-refractivity contribution in [2.75, 3.05) is 20.3 Å². The van der Waals surface area contributed by atoms with Crippen LogP contribution in [-0.4, -0.2) is 44.5 Å². The fourth-order valence-electron chi connectivity index (χ4n) is 3.55. The van der Waals surface area contributed by atoms with Gasteiger partial charge in [0, 0.05) is 5.92 Å². The first-order chi connectivity index (χ1) is 14.9. The fourth-order valence-corrected chi connectivity index (χ4v) is 3.55. The topological polar surface area (TPSA) is 106 Å². The maximum Gasteiger partial charge on any atom is 0.408 e. The molecule has 2 aromatic carbocycles. The van der Waals surface area contributed by atoms with Crippen LogP contribution in [0.3, 0.4) is 0 Å². The van der Waals surface area contributed by atoms with E-state index in [1.807, 2.05) is 50.2 Å². The van der Waals surface area contributed by atoms with Crippen molar-refractivity contribution in [3.8, 4) is 11.1 Å². The predicted molar refractivity (Wildman–Crippen MR) is 115 cm³/mol. The molecular formula is C23H27N3O5. The van der Waals surface area contributed by atoms with Gasteiger partial charge in [-0.1, -0.05) is 62.4 Å². The van der Waals surface area contributed by atoms with Crippen LogP contribution < -0.4 is 16.0 Å². The molecule has 3 amide bonds. The van der Waals surface area contributed by atoms with Crippen molar-refractivity contribution in [3.63, 3.8) is 0 Å². The molecule has 1 atom stereocenters. The van der Waals surface area contributed by atoms with Gasteiger partial charge in [0.05, 0.1) is 7.11 Å². The molecule has 0 unspecified atom stereocenters. The van der Waals surface area contributed by atoms with Crippen LogP contribution in [0.5, 0.6) is 0 Å². The fraction of sp³-hybridized carbons (Fsp3) is 0.348. The number of ether oxygens (including phenoxy) is 2. The zero-order valence-corrected chi connectivity index (χ0v) is 17.8. The van der Waals surface area contributed by atoms with Crippen LogP contribution in [0.2, 0.25) is 0 Å². The lowest BCUT2D eigenvalue weighted by Gasteiger charge is -2.24. The second kappa shape index (κ2) is 9.97. The molecule has 0 bridgehead atoms. The highest BCUT2D eigenvalue weighted by molar-refractivity contribution is 5.81. The lowest BCUT2D eigenvalue weighted by molar-refractivity contribution is -0.139. The molecule has 8 heteroatoms. The largest absolute Gasteiger partial charge is 0.468 e. The van der Waals surface area contributed by atoms with Crippen molar-refractivity contribution in [1.29, 1.82) is 0 Å². The number of rotatable bonds is 7. The molecule has 0 spiro atoms. The molecule has 164 valence electrons. The number of methoxy groups -OCH3 is 1. The number of alkyl carbamates (subject to hydrolysis) is 1. The van der Waals surface area contributed by atoms with Gasteiger partial charge in [-0.2, -0.15) is 0 Å². The summed E-state index contributed by atoms with van der Waals surface area (Å²) in [6.07, 6.45) is -1.30. The molecule has 0 fully saturated rings.